The van der Waals surface area contributed by atoms with Gasteiger partial charge in [-0.15, -0.1) is 0 Å². The van der Waals surface area contributed by atoms with E-state index in [1.807, 2.05) is 42.1 Å². The number of aryl methyl sites for hydroxylation is 1. The summed E-state index contributed by atoms with van der Waals surface area (Å²) in [5.41, 5.74) is 1.32. The van der Waals surface area contributed by atoms with E-state index < -0.39 is 29.6 Å². The second kappa shape index (κ2) is 10.4. The van der Waals surface area contributed by atoms with Crippen molar-refractivity contribution < 1.29 is 19.1 Å². The summed E-state index contributed by atoms with van der Waals surface area (Å²) in [6, 6.07) is 6.32. The molecule has 7 nitrogen and oxygen atoms in total. The Morgan fingerprint density at radius 3 is 2.21 bits per heavy atom. The fraction of sp³-hybridized carbons (Fsp3) is 0.577. The van der Waals surface area contributed by atoms with Crippen LogP contribution in [0.3, 0.4) is 0 Å². The molecule has 182 valence electrons. The summed E-state index contributed by atoms with van der Waals surface area (Å²) in [5, 5.41) is 6.64. The highest BCUT2D eigenvalue weighted by molar-refractivity contribution is 5.91. The summed E-state index contributed by atoms with van der Waals surface area (Å²) in [6.07, 6.45) is 3.46. The van der Waals surface area contributed by atoms with Crippen LogP contribution in [0, 0.1) is 5.41 Å². The molecule has 2 atom stereocenters. The third-order valence-corrected chi connectivity index (χ3v) is 5.29. The van der Waals surface area contributed by atoms with Crippen molar-refractivity contribution in [3.05, 3.63) is 36.0 Å². The van der Waals surface area contributed by atoms with Crippen LogP contribution in [0.15, 0.2) is 30.5 Å². The number of nitrogens with one attached hydrogen (secondary N) is 2. The van der Waals surface area contributed by atoms with E-state index in [2.05, 4.69) is 31.4 Å². The highest BCUT2D eigenvalue weighted by Gasteiger charge is 2.31. The Kier molecular flexibility index (Phi) is 8.33. The maximum Gasteiger partial charge on any atom is 0.329 e. The van der Waals surface area contributed by atoms with E-state index in [4.69, 9.17) is 4.74 Å². The van der Waals surface area contributed by atoms with Gasteiger partial charge in [-0.05, 0) is 50.7 Å². The molecule has 7 heteroatoms. The third-order valence-electron chi connectivity index (χ3n) is 5.29. The molecule has 2 aromatic rings. The summed E-state index contributed by atoms with van der Waals surface area (Å²) < 4.78 is 7.56. The molecule has 33 heavy (non-hydrogen) atoms. The van der Waals surface area contributed by atoms with Gasteiger partial charge in [0.25, 0.3) is 0 Å². The smallest absolute Gasteiger partial charge is 0.329 e. The van der Waals surface area contributed by atoms with Crippen LogP contribution in [0.2, 0.25) is 0 Å². The van der Waals surface area contributed by atoms with Gasteiger partial charge in [0.05, 0.1) is 0 Å². The maximum absolute atomic E-state index is 13.3. The number of carbonyl (C=O) groups is 3. The number of nitrogens with zero attached hydrogens (tertiary/aromatic N) is 1. The van der Waals surface area contributed by atoms with Gasteiger partial charge in [0, 0.05) is 37.5 Å². The number of benzene rings is 1. The van der Waals surface area contributed by atoms with Crippen LogP contribution in [-0.2, 0) is 32.6 Å². The van der Waals surface area contributed by atoms with E-state index in [0.717, 1.165) is 22.9 Å². The number of fused-ring (bicyclic) bond motifs is 1. The summed E-state index contributed by atoms with van der Waals surface area (Å²) in [6.45, 7) is 13.0. The first-order valence-corrected chi connectivity index (χ1v) is 11.5. The Balaban J connectivity index is 2.26. The normalized spacial score (nSPS) is 13.9. The van der Waals surface area contributed by atoms with Gasteiger partial charge in [0.15, 0.2) is 0 Å². The van der Waals surface area contributed by atoms with Crippen molar-refractivity contribution in [2.24, 2.45) is 12.5 Å². The lowest BCUT2D eigenvalue weighted by Gasteiger charge is -2.28. The number of aromatic nitrogens is 1. The minimum Gasteiger partial charge on any atom is -0.458 e. The molecule has 2 rings (SSSR count). The van der Waals surface area contributed by atoms with Crippen LogP contribution < -0.4 is 10.6 Å². The average Bonchev–Trinajstić information content (AvgIpc) is 2.98. The van der Waals surface area contributed by atoms with Crippen molar-refractivity contribution in [1.82, 2.24) is 15.2 Å². The first-order chi connectivity index (χ1) is 15.2. The van der Waals surface area contributed by atoms with Crippen LogP contribution in [0.25, 0.3) is 10.9 Å². The van der Waals surface area contributed by atoms with Gasteiger partial charge >= 0.3 is 5.97 Å². The summed E-state index contributed by atoms with van der Waals surface area (Å²) in [5.74, 6) is -1.17. The Morgan fingerprint density at radius 2 is 1.64 bits per heavy atom. The third kappa shape index (κ3) is 8.22. The standard InChI is InChI=1S/C26H39N3O4/c1-17(30)27-21(15-18-16-29(8)22-12-10-9-11-19(18)22)23(31)28-20(13-14-25(2,3)4)24(32)33-26(5,6)7/h9-12,16,20-21H,13-15H2,1-8H3,(H,27,30)(H,28,31)/t20-,21-/m0/s1. The number of hydrogen-bond donors (Lipinski definition) is 2. The SMILES string of the molecule is CC(=O)N[C@@H](Cc1cn(C)c2ccccc12)C(=O)N[C@@H](CCC(C)(C)C)C(=O)OC(C)(C)C. The molecule has 2 N–H and O–H groups in total. The van der Waals surface area contributed by atoms with Crippen LogP contribution in [-0.4, -0.2) is 40.0 Å². The predicted molar refractivity (Wildman–Crippen MR) is 131 cm³/mol. The number of para-hydroxylation sites is 1. The lowest BCUT2D eigenvalue weighted by atomic mass is 9.88. The van der Waals surface area contributed by atoms with Crippen LogP contribution in [0.4, 0.5) is 0 Å². The highest BCUT2D eigenvalue weighted by atomic mass is 16.6. The zero-order valence-electron chi connectivity index (χ0n) is 21.2. The first kappa shape index (κ1) is 26.4. The number of rotatable bonds is 8. The Hall–Kier alpha value is -2.83. The lowest BCUT2D eigenvalue weighted by Crippen LogP contribution is -2.53. The van der Waals surface area contributed by atoms with E-state index in [9.17, 15) is 14.4 Å². The van der Waals surface area contributed by atoms with E-state index >= 15 is 0 Å². The molecule has 0 unspecified atom stereocenters. The Labute approximate surface area is 197 Å². The molecule has 1 aromatic carbocycles. The van der Waals surface area contributed by atoms with Crippen LogP contribution in [0.5, 0.6) is 0 Å². The molecule has 0 aliphatic rings. The van der Waals surface area contributed by atoms with Gasteiger partial charge in [-0.2, -0.15) is 0 Å². The van der Waals surface area contributed by atoms with E-state index in [0.29, 0.717) is 12.8 Å². The lowest BCUT2D eigenvalue weighted by molar-refractivity contribution is -0.159. The van der Waals surface area contributed by atoms with Crippen LogP contribution in [0.1, 0.15) is 66.9 Å². The molecule has 0 aliphatic carbocycles. The van der Waals surface area contributed by atoms with Crippen molar-refractivity contribution >= 4 is 28.7 Å². The Morgan fingerprint density at radius 1 is 1.00 bits per heavy atom. The number of esters is 1. The fourth-order valence-electron chi connectivity index (χ4n) is 3.73. The van der Waals surface area contributed by atoms with Gasteiger partial charge in [-0.25, -0.2) is 4.79 Å². The molecule has 1 aromatic heterocycles. The quantitative estimate of drug-likeness (QED) is 0.589. The van der Waals surface area contributed by atoms with Crippen molar-refractivity contribution in [3.8, 4) is 0 Å². The molecule has 0 spiro atoms. The van der Waals surface area contributed by atoms with Gasteiger partial charge in [0.2, 0.25) is 11.8 Å². The van der Waals surface area contributed by atoms with Gasteiger partial charge < -0.3 is 19.9 Å². The average molecular weight is 458 g/mol. The summed E-state index contributed by atoms with van der Waals surface area (Å²) >= 11 is 0. The topological polar surface area (TPSA) is 89.4 Å². The maximum atomic E-state index is 13.3. The van der Waals surface area contributed by atoms with Crippen LogP contribution >= 0.6 is 0 Å². The summed E-state index contributed by atoms with van der Waals surface area (Å²) in [4.78, 5) is 38.0. The number of hydrogen-bond acceptors (Lipinski definition) is 4. The largest absolute Gasteiger partial charge is 0.458 e. The van der Waals surface area contributed by atoms with E-state index in [1.54, 1.807) is 20.8 Å². The number of carbonyl (C=O) groups excluding carboxylic acids is 3. The molecule has 0 saturated carbocycles. The molecule has 0 saturated heterocycles. The molecule has 2 amide bonds. The molecular formula is C26H39N3O4. The summed E-state index contributed by atoms with van der Waals surface area (Å²) in [7, 11) is 1.95. The molecule has 0 bridgehead atoms. The highest BCUT2D eigenvalue weighted by Crippen LogP contribution is 2.24. The molecule has 0 fully saturated rings. The van der Waals surface area contributed by atoms with Crippen molar-refractivity contribution in [3.63, 3.8) is 0 Å². The Bertz CT molecular complexity index is 995. The predicted octanol–water partition coefficient (Wildman–Crippen LogP) is 3.88. The monoisotopic (exact) mass is 457 g/mol. The minimum absolute atomic E-state index is 0.00895. The molecule has 0 aliphatic heterocycles. The van der Waals surface area contributed by atoms with Crippen molar-refractivity contribution in [1.29, 1.82) is 0 Å². The number of amides is 2. The number of ether oxygens (including phenoxy) is 1. The van der Waals surface area contributed by atoms with Gasteiger partial charge in [-0.3, -0.25) is 9.59 Å². The zero-order chi connectivity index (χ0) is 25.0. The molecule has 0 radical (unpaired) electrons. The van der Waals surface area contributed by atoms with Gasteiger partial charge in [-0.1, -0.05) is 39.0 Å². The van der Waals surface area contributed by atoms with E-state index in [1.165, 1.54) is 6.92 Å². The van der Waals surface area contributed by atoms with Gasteiger partial charge in [0.1, 0.15) is 17.7 Å². The van der Waals surface area contributed by atoms with Crippen molar-refractivity contribution in [2.75, 3.05) is 0 Å². The fourth-order valence-corrected chi connectivity index (χ4v) is 3.73. The molecule has 1 heterocycles. The molecular weight excluding hydrogens is 418 g/mol. The second-order valence-corrected chi connectivity index (χ2v) is 10.9. The van der Waals surface area contributed by atoms with Crippen molar-refractivity contribution in [2.45, 2.75) is 85.4 Å². The second-order valence-electron chi connectivity index (χ2n) is 10.9. The zero-order valence-corrected chi connectivity index (χ0v) is 21.2. The van der Waals surface area contributed by atoms with E-state index in [-0.39, 0.29) is 11.3 Å². The minimum atomic E-state index is -0.812. The first-order valence-electron chi connectivity index (χ1n) is 11.5.